The van der Waals surface area contributed by atoms with E-state index in [1.54, 1.807) is 6.33 Å². The van der Waals surface area contributed by atoms with E-state index >= 15 is 0 Å². The third-order valence-corrected chi connectivity index (χ3v) is 3.74. The summed E-state index contributed by atoms with van der Waals surface area (Å²) in [5.74, 6) is 2.51. The predicted octanol–water partition coefficient (Wildman–Crippen LogP) is 1.51. The molecule has 7 heteroatoms. The highest BCUT2D eigenvalue weighted by atomic mass is 15.4. The van der Waals surface area contributed by atoms with E-state index in [0.717, 1.165) is 30.4 Å². The zero-order valence-corrected chi connectivity index (χ0v) is 14.5. The number of hydrogen-bond acceptors (Lipinski definition) is 5. The average Bonchev–Trinajstić information content (AvgIpc) is 3.03. The van der Waals surface area contributed by atoms with Crippen molar-refractivity contribution in [1.82, 2.24) is 29.9 Å². The minimum atomic E-state index is 0.399. The highest BCUT2D eigenvalue weighted by Crippen LogP contribution is 2.27. The van der Waals surface area contributed by atoms with Gasteiger partial charge >= 0.3 is 0 Å². The summed E-state index contributed by atoms with van der Waals surface area (Å²) >= 11 is 0. The smallest absolute Gasteiger partial charge is 0.146 e. The van der Waals surface area contributed by atoms with Crippen LogP contribution in [-0.2, 0) is 26.7 Å². The molecule has 0 spiro atoms. The SMILES string of the molecule is CCn1cnnc1CNCc1c(C(C)C)nn(C)c1N(C)C. The Labute approximate surface area is 132 Å². The van der Waals surface area contributed by atoms with Crippen LogP contribution in [0, 0.1) is 0 Å². The molecule has 2 aromatic rings. The molecule has 0 unspecified atom stereocenters. The van der Waals surface area contributed by atoms with Gasteiger partial charge in [-0.05, 0) is 12.8 Å². The molecule has 0 atom stereocenters. The summed E-state index contributed by atoms with van der Waals surface area (Å²) < 4.78 is 4.01. The molecule has 0 bridgehead atoms. The first kappa shape index (κ1) is 16.5. The number of anilines is 1. The van der Waals surface area contributed by atoms with Gasteiger partial charge in [-0.3, -0.25) is 4.68 Å². The summed E-state index contributed by atoms with van der Waals surface area (Å²) in [5.41, 5.74) is 2.40. The lowest BCUT2D eigenvalue weighted by Gasteiger charge is -2.16. The third kappa shape index (κ3) is 3.30. The van der Waals surface area contributed by atoms with Crippen molar-refractivity contribution in [2.45, 2.75) is 46.3 Å². The first-order chi connectivity index (χ1) is 10.5. The van der Waals surface area contributed by atoms with Crippen molar-refractivity contribution in [3.63, 3.8) is 0 Å². The Bertz CT molecular complexity index is 609. The van der Waals surface area contributed by atoms with Crippen LogP contribution in [0.3, 0.4) is 0 Å². The number of nitrogens with one attached hydrogen (secondary N) is 1. The second-order valence-corrected chi connectivity index (χ2v) is 6.00. The van der Waals surface area contributed by atoms with Gasteiger partial charge in [-0.15, -0.1) is 10.2 Å². The topological polar surface area (TPSA) is 63.8 Å². The van der Waals surface area contributed by atoms with Crippen molar-refractivity contribution in [3.8, 4) is 0 Å². The maximum absolute atomic E-state index is 4.68. The molecule has 0 amide bonds. The van der Waals surface area contributed by atoms with E-state index in [1.165, 1.54) is 5.56 Å². The van der Waals surface area contributed by atoms with Gasteiger partial charge in [0, 0.05) is 39.8 Å². The van der Waals surface area contributed by atoms with Crippen LogP contribution in [0.5, 0.6) is 0 Å². The molecule has 2 aromatic heterocycles. The monoisotopic (exact) mass is 305 g/mol. The molecule has 0 radical (unpaired) electrons. The fourth-order valence-corrected chi connectivity index (χ4v) is 2.75. The van der Waals surface area contributed by atoms with Crippen molar-refractivity contribution < 1.29 is 0 Å². The third-order valence-electron chi connectivity index (χ3n) is 3.74. The molecule has 0 saturated carbocycles. The molecule has 22 heavy (non-hydrogen) atoms. The average molecular weight is 305 g/mol. The number of nitrogens with zero attached hydrogens (tertiary/aromatic N) is 6. The molecule has 0 fully saturated rings. The van der Waals surface area contributed by atoms with Crippen LogP contribution in [0.15, 0.2) is 6.33 Å². The molecule has 1 N–H and O–H groups in total. The predicted molar refractivity (Wildman–Crippen MR) is 87.9 cm³/mol. The molecule has 0 aliphatic carbocycles. The number of aromatic nitrogens is 5. The quantitative estimate of drug-likeness (QED) is 0.840. The van der Waals surface area contributed by atoms with Gasteiger partial charge in [-0.2, -0.15) is 5.10 Å². The normalized spacial score (nSPS) is 11.4. The van der Waals surface area contributed by atoms with Gasteiger partial charge in [0.1, 0.15) is 18.0 Å². The van der Waals surface area contributed by atoms with Gasteiger partial charge < -0.3 is 14.8 Å². The second kappa shape index (κ2) is 6.91. The van der Waals surface area contributed by atoms with E-state index in [0.29, 0.717) is 12.5 Å². The highest BCUT2D eigenvalue weighted by molar-refractivity contribution is 5.50. The van der Waals surface area contributed by atoms with Crippen molar-refractivity contribution in [1.29, 1.82) is 0 Å². The second-order valence-electron chi connectivity index (χ2n) is 6.00. The van der Waals surface area contributed by atoms with Gasteiger partial charge in [-0.1, -0.05) is 13.8 Å². The standard InChI is InChI=1S/C15H27N7/c1-7-22-10-17-18-13(22)9-16-8-12-14(11(2)3)19-21(6)15(12)20(4)5/h10-11,16H,7-9H2,1-6H3. The lowest BCUT2D eigenvalue weighted by atomic mass is 10.1. The Morgan fingerprint density at radius 2 is 2.00 bits per heavy atom. The molecular formula is C15H27N7. The number of rotatable bonds is 7. The maximum atomic E-state index is 4.68. The van der Waals surface area contributed by atoms with Crippen molar-refractivity contribution in [3.05, 3.63) is 23.4 Å². The van der Waals surface area contributed by atoms with Crippen molar-refractivity contribution >= 4 is 5.82 Å². The molecular weight excluding hydrogens is 278 g/mol. The fraction of sp³-hybridized carbons (Fsp3) is 0.667. The van der Waals surface area contributed by atoms with Crippen LogP contribution in [-0.4, -0.2) is 38.6 Å². The van der Waals surface area contributed by atoms with E-state index < -0.39 is 0 Å². The Morgan fingerprint density at radius 3 is 2.59 bits per heavy atom. The molecule has 122 valence electrons. The van der Waals surface area contributed by atoms with E-state index in [9.17, 15) is 0 Å². The summed E-state index contributed by atoms with van der Waals surface area (Å²) in [6, 6.07) is 0. The molecule has 0 aliphatic heterocycles. The zero-order valence-electron chi connectivity index (χ0n) is 14.5. The van der Waals surface area contributed by atoms with Gasteiger partial charge in [-0.25, -0.2) is 0 Å². The van der Waals surface area contributed by atoms with Crippen molar-refractivity contribution in [2.24, 2.45) is 7.05 Å². The summed E-state index contributed by atoms with van der Waals surface area (Å²) in [6.07, 6.45) is 1.77. The van der Waals surface area contributed by atoms with E-state index in [-0.39, 0.29) is 0 Å². The van der Waals surface area contributed by atoms with E-state index in [2.05, 4.69) is 60.4 Å². The molecule has 0 saturated heterocycles. The van der Waals surface area contributed by atoms with Crippen LogP contribution >= 0.6 is 0 Å². The number of hydrogen-bond donors (Lipinski definition) is 1. The van der Waals surface area contributed by atoms with Gasteiger partial charge in [0.25, 0.3) is 0 Å². The molecule has 7 nitrogen and oxygen atoms in total. The summed E-state index contributed by atoms with van der Waals surface area (Å²) in [5, 5.41) is 16.3. The Hall–Kier alpha value is -1.89. The lowest BCUT2D eigenvalue weighted by Crippen LogP contribution is -2.20. The van der Waals surface area contributed by atoms with Crippen LogP contribution in [0.4, 0.5) is 5.82 Å². The van der Waals surface area contributed by atoms with Crippen LogP contribution < -0.4 is 10.2 Å². The van der Waals surface area contributed by atoms with E-state index in [1.807, 2.05) is 16.3 Å². The summed E-state index contributed by atoms with van der Waals surface area (Å²) in [4.78, 5) is 2.12. The number of aryl methyl sites for hydroxylation is 2. The largest absolute Gasteiger partial charge is 0.363 e. The zero-order chi connectivity index (χ0) is 16.3. The lowest BCUT2D eigenvalue weighted by molar-refractivity contribution is 0.608. The highest BCUT2D eigenvalue weighted by Gasteiger charge is 2.19. The molecule has 0 aliphatic rings. The fourth-order valence-electron chi connectivity index (χ4n) is 2.75. The minimum Gasteiger partial charge on any atom is -0.363 e. The molecule has 2 rings (SSSR count). The summed E-state index contributed by atoms with van der Waals surface area (Å²) in [7, 11) is 6.11. The molecule has 0 aromatic carbocycles. The van der Waals surface area contributed by atoms with Crippen molar-refractivity contribution in [2.75, 3.05) is 19.0 Å². The summed E-state index contributed by atoms with van der Waals surface area (Å²) in [6.45, 7) is 8.81. The Balaban J connectivity index is 2.14. The van der Waals surface area contributed by atoms with Crippen LogP contribution in [0.2, 0.25) is 0 Å². The van der Waals surface area contributed by atoms with Gasteiger partial charge in [0.15, 0.2) is 0 Å². The first-order valence-corrected chi connectivity index (χ1v) is 7.76. The first-order valence-electron chi connectivity index (χ1n) is 7.76. The maximum Gasteiger partial charge on any atom is 0.146 e. The van der Waals surface area contributed by atoms with Gasteiger partial charge in [0.2, 0.25) is 0 Å². The minimum absolute atomic E-state index is 0.399. The molecule has 2 heterocycles. The van der Waals surface area contributed by atoms with Gasteiger partial charge in [0.05, 0.1) is 12.2 Å². The van der Waals surface area contributed by atoms with Crippen LogP contribution in [0.25, 0.3) is 0 Å². The Morgan fingerprint density at radius 1 is 1.27 bits per heavy atom. The van der Waals surface area contributed by atoms with Crippen LogP contribution in [0.1, 0.15) is 43.8 Å². The Kier molecular flexibility index (Phi) is 5.18. The van der Waals surface area contributed by atoms with E-state index in [4.69, 9.17) is 0 Å².